The minimum atomic E-state index is -3.61. The van der Waals surface area contributed by atoms with Crippen molar-refractivity contribution in [3.05, 3.63) is 0 Å². The molecule has 0 aliphatic heterocycles. The quantitative estimate of drug-likeness (QED) is 0.153. The molecule has 3 rings (SSSR count). The van der Waals surface area contributed by atoms with E-state index in [1.807, 2.05) is 48.5 Å². The summed E-state index contributed by atoms with van der Waals surface area (Å²) in [5.74, 6) is -0.528. The molecular formula is C45H87N3O9S3. The Labute approximate surface area is 367 Å². The summed E-state index contributed by atoms with van der Waals surface area (Å²) in [7, 11) is -10.7. The van der Waals surface area contributed by atoms with Crippen molar-refractivity contribution in [3.63, 3.8) is 0 Å². The van der Waals surface area contributed by atoms with Gasteiger partial charge < -0.3 is 0 Å². The predicted octanol–water partition coefficient (Wildman–Crippen LogP) is 9.11. The second-order valence-electron chi connectivity index (χ2n) is 22.6. The van der Waals surface area contributed by atoms with E-state index in [4.69, 9.17) is 0 Å². The van der Waals surface area contributed by atoms with Gasteiger partial charge in [-0.25, -0.2) is 25.3 Å². The molecule has 0 aromatic heterocycles. The van der Waals surface area contributed by atoms with Crippen LogP contribution in [0.2, 0.25) is 0 Å². The Morgan fingerprint density at radius 3 is 1.25 bits per heavy atom. The third-order valence-electron chi connectivity index (χ3n) is 15.2. The van der Waals surface area contributed by atoms with E-state index in [-0.39, 0.29) is 45.8 Å². The number of sulfonamides is 3. The van der Waals surface area contributed by atoms with Crippen LogP contribution >= 0.6 is 0 Å². The molecule has 0 radical (unpaired) electrons. The fourth-order valence-corrected chi connectivity index (χ4v) is 14.6. The maximum atomic E-state index is 12.7. The minimum Gasteiger partial charge on any atom is -0.273 e. The van der Waals surface area contributed by atoms with E-state index in [0.717, 1.165) is 25.7 Å². The Morgan fingerprint density at radius 1 is 0.583 bits per heavy atom. The van der Waals surface area contributed by atoms with Crippen LogP contribution in [0.25, 0.3) is 0 Å². The van der Waals surface area contributed by atoms with Crippen LogP contribution in [-0.4, -0.2) is 58.7 Å². The first kappa shape index (κ1) is 56.3. The molecule has 2 bridgehead atoms. The monoisotopic (exact) mass is 910 g/mol. The average molecular weight is 910 g/mol. The Hall–Kier alpha value is -1.74. The maximum Gasteiger partial charge on any atom is 0.239 e. The molecule has 0 aromatic rings. The number of amides is 3. The Morgan fingerprint density at radius 2 is 0.950 bits per heavy atom. The van der Waals surface area contributed by atoms with Crippen LogP contribution < -0.4 is 14.2 Å². The van der Waals surface area contributed by atoms with Gasteiger partial charge >= 0.3 is 0 Å². The van der Waals surface area contributed by atoms with Crippen LogP contribution in [-0.2, 0) is 44.5 Å². The van der Waals surface area contributed by atoms with Gasteiger partial charge in [-0.05, 0) is 104 Å². The van der Waals surface area contributed by atoms with Crippen LogP contribution in [0.3, 0.4) is 0 Å². The highest BCUT2D eigenvalue weighted by atomic mass is 32.2. The molecule has 354 valence electrons. The van der Waals surface area contributed by atoms with Crippen molar-refractivity contribution >= 4 is 47.8 Å². The molecular weight excluding hydrogens is 823 g/mol. The molecule has 15 heteroatoms. The Bertz CT molecular complexity index is 1810. The lowest BCUT2D eigenvalue weighted by atomic mass is 9.71. The summed E-state index contributed by atoms with van der Waals surface area (Å²) in [4.78, 5) is 36.3. The molecule has 3 fully saturated rings. The van der Waals surface area contributed by atoms with Crippen LogP contribution in [0.4, 0.5) is 0 Å². The van der Waals surface area contributed by atoms with Crippen LogP contribution in [0.5, 0.6) is 0 Å². The van der Waals surface area contributed by atoms with Gasteiger partial charge in [0.2, 0.25) is 47.8 Å². The van der Waals surface area contributed by atoms with E-state index in [2.05, 4.69) is 55.7 Å². The van der Waals surface area contributed by atoms with Crippen molar-refractivity contribution < 1.29 is 39.6 Å². The Kier molecular flexibility index (Phi) is 18.7. The zero-order valence-electron chi connectivity index (χ0n) is 41.0. The van der Waals surface area contributed by atoms with Gasteiger partial charge in [0.05, 0.1) is 15.7 Å². The molecule has 0 spiro atoms. The number of nitrogens with one attached hydrogen (secondary N) is 3. The third-order valence-corrected chi connectivity index (χ3v) is 21.1. The molecule has 0 saturated heterocycles. The molecule has 60 heavy (non-hydrogen) atoms. The summed E-state index contributed by atoms with van der Waals surface area (Å²) >= 11 is 0. The summed E-state index contributed by atoms with van der Waals surface area (Å²) in [6.07, 6.45) is 7.67. The van der Waals surface area contributed by atoms with Gasteiger partial charge in [-0.1, -0.05) is 132 Å². The number of carbonyl (C=O) groups excluding carboxylic acids is 3. The number of fused-ring (bicyclic) bond motifs is 2. The third kappa shape index (κ3) is 13.6. The number of rotatable bonds is 14. The van der Waals surface area contributed by atoms with Crippen molar-refractivity contribution in [1.29, 1.82) is 0 Å². The van der Waals surface area contributed by atoms with Gasteiger partial charge in [-0.2, -0.15) is 0 Å². The molecule has 3 aliphatic rings. The predicted molar refractivity (Wildman–Crippen MR) is 245 cm³/mol. The van der Waals surface area contributed by atoms with E-state index >= 15 is 0 Å². The number of hydrogen-bond donors (Lipinski definition) is 3. The highest BCUT2D eigenvalue weighted by Crippen LogP contribution is 2.66. The fraction of sp³-hybridized carbons (Fsp3) is 0.933. The first-order valence-electron chi connectivity index (χ1n) is 22.4. The molecule has 0 heterocycles. The maximum absolute atomic E-state index is 12.7. The van der Waals surface area contributed by atoms with Gasteiger partial charge in [0.25, 0.3) is 0 Å². The minimum absolute atomic E-state index is 0.0236. The topological polar surface area (TPSA) is 190 Å². The van der Waals surface area contributed by atoms with E-state index in [1.54, 1.807) is 41.5 Å². The molecule has 3 atom stereocenters. The van der Waals surface area contributed by atoms with Crippen LogP contribution in [0.1, 0.15) is 196 Å². The molecule has 3 N–H and O–H groups in total. The molecule has 0 aromatic carbocycles. The van der Waals surface area contributed by atoms with Gasteiger partial charge in [0, 0.05) is 16.2 Å². The smallest absolute Gasteiger partial charge is 0.239 e. The summed E-state index contributed by atoms with van der Waals surface area (Å²) in [6, 6.07) is 0. The summed E-state index contributed by atoms with van der Waals surface area (Å²) in [5, 5.41) is -1.40. The standard InChI is InChI=1S/C16H29NO3S.C16H31NO3S.C13H27NO3S/c1-7-14(2,3)13(18)17-21(19,20)12-10-16(6)9-8-11(12)15(16,4)5;1-7-16(5,6)14(18)17-21(19,20)13-10-8-12(9-11-13)15(2,3)4;1-8-13(6,7)12(15)14-18(16,17)11(9(2)3)10(4)5/h11-12H,7-10H2,1-6H3,(H,17,18);12-13H,7-11H2,1-6H3,(H,17,18);9-11H,8H2,1-7H3,(H,14,15). The largest absolute Gasteiger partial charge is 0.273 e. The van der Waals surface area contributed by atoms with Crippen molar-refractivity contribution in [2.45, 2.75) is 212 Å². The van der Waals surface area contributed by atoms with Gasteiger partial charge in [-0.15, -0.1) is 0 Å². The van der Waals surface area contributed by atoms with E-state index in [0.29, 0.717) is 44.4 Å². The zero-order valence-corrected chi connectivity index (χ0v) is 43.5. The molecule has 3 unspecified atom stereocenters. The molecule has 3 aliphatic carbocycles. The van der Waals surface area contributed by atoms with Crippen molar-refractivity contribution in [2.75, 3.05) is 0 Å². The normalized spacial score (nSPS) is 24.9. The van der Waals surface area contributed by atoms with E-state index < -0.39 is 68.0 Å². The number of carbonyl (C=O) groups is 3. The van der Waals surface area contributed by atoms with Crippen molar-refractivity contribution in [3.8, 4) is 0 Å². The van der Waals surface area contributed by atoms with Crippen LogP contribution in [0, 0.1) is 56.2 Å². The lowest BCUT2D eigenvalue weighted by molar-refractivity contribution is -0.128. The van der Waals surface area contributed by atoms with Crippen molar-refractivity contribution in [2.24, 2.45) is 56.2 Å². The molecule has 3 amide bonds. The van der Waals surface area contributed by atoms with E-state index in [1.165, 1.54) is 0 Å². The lowest BCUT2D eigenvalue weighted by Crippen LogP contribution is -2.47. The first-order chi connectivity index (χ1) is 26.7. The number of hydrogen-bond acceptors (Lipinski definition) is 9. The van der Waals surface area contributed by atoms with Crippen molar-refractivity contribution in [1.82, 2.24) is 14.2 Å². The zero-order chi connectivity index (χ0) is 47.5. The molecule has 12 nitrogen and oxygen atoms in total. The van der Waals surface area contributed by atoms with E-state index in [9.17, 15) is 39.6 Å². The summed E-state index contributed by atoms with van der Waals surface area (Å²) < 4.78 is 81.6. The highest BCUT2D eigenvalue weighted by molar-refractivity contribution is 7.91. The summed E-state index contributed by atoms with van der Waals surface area (Å²) in [5.41, 5.74) is -1.64. The SMILES string of the molecule is CCC(C)(C)C(=O)NS(=O)(=O)C(C(C)C)C(C)C.CCC(C)(C)C(=O)NS(=O)(=O)C1CC2(C)CCC1C2(C)C.CCC(C)(C)C(=O)NS(=O)(=O)C1CCC(C(C)(C)C)CC1. The van der Waals surface area contributed by atoms with Gasteiger partial charge in [0.15, 0.2) is 0 Å². The fourth-order valence-electron chi connectivity index (χ4n) is 8.77. The first-order valence-corrected chi connectivity index (χ1v) is 27.0. The summed E-state index contributed by atoms with van der Waals surface area (Å²) in [6.45, 7) is 36.9. The average Bonchev–Trinajstić information content (AvgIpc) is 3.45. The second kappa shape index (κ2) is 20.0. The highest BCUT2D eigenvalue weighted by Gasteiger charge is 2.64. The Balaban J connectivity index is 0.000000452. The van der Waals surface area contributed by atoms with Gasteiger partial charge in [-0.3, -0.25) is 28.5 Å². The van der Waals surface area contributed by atoms with Gasteiger partial charge in [0.1, 0.15) is 0 Å². The molecule has 3 saturated carbocycles. The second-order valence-corrected chi connectivity index (χ2v) is 28.3. The lowest BCUT2D eigenvalue weighted by Gasteiger charge is -2.36. The van der Waals surface area contributed by atoms with Crippen LogP contribution in [0.15, 0.2) is 0 Å².